The zero-order chi connectivity index (χ0) is 11.8. The standard InChI is InChI=1S/C12H18N2OS/c1-3-8-13-9-12(15)14-10-6-4-5-7-11(10)16-2/h4-7,13H,3,8-9H2,1-2H3,(H,14,15). The quantitative estimate of drug-likeness (QED) is 0.590. The van der Waals surface area contributed by atoms with E-state index in [0.717, 1.165) is 23.5 Å². The van der Waals surface area contributed by atoms with E-state index in [4.69, 9.17) is 0 Å². The third kappa shape index (κ3) is 4.24. The second-order valence-corrected chi connectivity index (χ2v) is 4.27. The van der Waals surface area contributed by atoms with E-state index in [2.05, 4.69) is 17.6 Å². The van der Waals surface area contributed by atoms with Crippen LogP contribution in [0.2, 0.25) is 0 Å². The fourth-order valence-corrected chi connectivity index (χ4v) is 1.87. The summed E-state index contributed by atoms with van der Waals surface area (Å²) in [6.07, 6.45) is 3.04. The summed E-state index contributed by atoms with van der Waals surface area (Å²) in [6, 6.07) is 7.81. The number of carbonyl (C=O) groups excluding carboxylic acids is 1. The number of rotatable bonds is 6. The first-order valence-electron chi connectivity index (χ1n) is 5.41. The van der Waals surface area contributed by atoms with Crippen molar-refractivity contribution < 1.29 is 4.79 Å². The van der Waals surface area contributed by atoms with Gasteiger partial charge in [0, 0.05) is 4.90 Å². The number of nitrogens with one attached hydrogen (secondary N) is 2. The lowest BCUT2D eigenvalue weighted by Crippen LogP contribution is -2.28. The van der Waals surface area contributed by atoms with Gasteiger partial charge in [0.2, 0.25) is 5.91 Å². The van der Waals surface area contributed by atoms with Gasteiger partial charge in [0.15, 0.2) is 0 Å². The van der Waals surface area contributed by atoms with Gasteiger partial charge >= 0.3 is 0 Å². The van der Waals surface area contributed by atoms with Crippen LogP contribution in [-0.4, -0.2) is 25.3 Å². The molecule has 3 nitrogen and oxygen atoms in total. The molecule has 1 amide bonds. The molecule has 0 radical (unpaired) electrons. The van der Waals surface area contributed by atoms with Gasteiger partial charge in [-0.25, -0.2) is 0 Å². The molecule has 0 saturated heterocycles. The van der Waals surface area contributed by atoms with E-state index in [1.165, 1.54) is 0 Å². The maximum absolute atomic E-state index is 11.6. The van der Waals surface area contributed by atoms with Crippen LogP contribution in [0.1, 0.15) is 13.3 Å². The van der Waals surface area contributed by atoms with E-state index in [-0.39, 0.29) is 5.91 Å². The molecule has 0 heterocycles. The minimum atomic E-state index is 0.00921. The minimum Gasteiger partial charge on any atom is -0.324 e. The molecular formula is C12H18N2OS. The third-order valence-electron chi connectivity index (χ3n) is 2.09. The lowest BCUT2D eigenvalue weighted by atomic mass is 10.3. The van der Waals surface area contributed by atoms with E-state index in [0.29, 0.717) is 6.54 Å². The van der Waals surface area contributed by atoms with Crippen LogP contribution >= 0.6 is 11.8 Å². The minimum absolute atomic E-state index is 0.00921. The Bertz CT molecular complexity index is 342. The number of hydrogen-bond acceptors (Lipinski definition) is 3. The average molecular weight is 238 g/mol. The Morgan fingerprint density at radius 3 is 2.81 bits per heavy atom. The molecule has 0 saturated carbocycles. The number of hydrogen-bond donors (Lipinski definition) is 2. The third-order valence-corrected chi connectivity index (χ3v) is 2.89. The van der Waals surface area contributed by atoms with E-state index < -0.39 is 0 Å². The highest BCUT2D eigenvalue weighted by Gasteiger charge is 2.04. The number of benzene rings is 1. The van der Waals surface area contributed by atoms with Crippen molar-refractivity contribution in [2.45, 2.75) is 18.2 Å². The lowest BCUT2D eigenvalue weighted by molar-refractivity contribution is -0.115. The van der Waals surface area contributed by atoms with E-state index in [9.17, 15) is 4.79 Å². The summed E-state index contributed by atoms with van der Waals surface area (Å²) in [6.45, 7) is 3.32. The van der Waals surface area contributed by atoms with Gasteiger partial charge in [0.25, 0.3) is 0 Å². The van der Waals surface area contributed by atoms with Crippen molar-refractivity contribution in [1.82, 2.24) is 5.32 Å². The van der Waals surface area contributed by atoms with Gasteiger partial charge in [-0.2, -0.15) is 0 Å². The molecule has 4 heteroatoms. The predicted octanol–water partition coefficient (Wildman–Crippen LogP) is 2.35. The molecule has 0 aliphatic rings. The summed E-state index contributed by atoms with van der Waals surface area (Å²) >= 11 is 1.63. The molecule has 1 aromatic rings. The first-order chi connectivity index (χ1) is 7.77. The van der Waals surface area contributed by atoms with Gasteiger partial charge in [-0.15, -0.1) is 11.8 Å². The van der Waals surface area contributed by atoms with Gasteiger partial charge in [-0.05, 0) is 31.4 Å². The van der Waals surface area contributed by atoms with Gasteiger partial charge in [-0.1, -0.05) is 19.1 Å². The summed E-state index contributed by atoms with van der Waals surface area (Å²) in [5.74, 6) is 0.00921. The largest absolute Gasteiger partial charge is 0.324 e. The van der Waals surface area contributed by atoms with Crippen LogP contribution in [0.3, 0.4) is 0 Å². The molecule has 0 aliphatic heterocycles. The van der Waals surface area contributed by atoms with Gasteiger partial charge in [-0.3, -0.25) is 4.79 Å². The summed E-state index contributed by atoms with van der Waals surface area (Å²) < 4.78 is 0. The molecule has 1 rings (SSSR count). The summed E-state index contributed by atoms with van der Waals surface area (Å²) in [7, 11) is 0. The Morgan fingerprint density at radius 2 is 2.12 bits per heavy atom. The van der Waals surface area contributed by atoms with Crippen LogP contribution in [0.5, 0.6) is 0 Å². The second kappa shape index (κ2) is 7.30. The number of anilines is 1. The predicted molar refractivity (Wildman–Crippen MR) is 70.0 cm³/mol. The van der Waals surface area contributed by atoms with Crippen molar-refractivity contribution in [2.24, 2.45) is 0 Å². The van der Waals surface area contributed by atoms with Crippen LogP contribution in [-0.2, 0) is 4.79 Å². The van der Waals surface area contributed by atoms with Gasteiger partial charge in [0.05, 0.1) is 12.2 Å². The summed E-state index contributed by atoms with van der Waals surface area (Å²) in [5.41, 5.74) is 0.887. The molecule has 88 valence electrons. The highest BCUT2D eigenvalue weighted by molar-refractivity contribution is 7.98. The molecule has 0 unspecified atom stereocenters. The topological polar surface area (TPSA) is 41.1 Å². The molecule has 0 spiro atoms. The molecular weight excluding hydrogens is 220 g/mol. The van der Waals surface area contributed by atoms with Gasteiger partial charge < -0.3 is 10.6 Å². The van der Waals surface area contributed by atoms with Crippen molar-refractivity contribution >= 4 is 23.4 Å². The number of thioether (sulfide) groups is 1. The van der Waals surface area contributed by atoms with E-state index in [1.807, 2.05) is 30.5 Å². The van der Waals surface area contributed by atoms with Crippen LogP contribution in [0, 0.1) is 0 Å². The van der Waals surface area contributed by atoms with Crippen molar-refractivity contribution in [3.63, 3.8) is 0 Å². The zero-order valence-corrected chi connectivity index (χ0v) is 10.6. The Labute approximate surface area is 101 Å². The van der Waals surface area contributed by atoms with Crippen molar-refractivity contribution in [3.05, 3.63) is 24.3 Å². The maximum Gasteiger partial charge on any atom is 0.238 e. The fraction of sp³-hybridized carbons (Fsp3) is 0.417. The smallest absolute Gasteiger partial charge is 0.238 e. The molecule has 0 atom stereocenters. The van der Waals surface area contributed by atoms with Crippen LogP contribution in [0.15, 0.2) is 29.2 Å². The Morgan fingerprint density at radius 1 is 1.38 bits per heavy atom. The summed E-state index contributed by atoms with van der Waals surface area (Å²) in [4.78, 5) is 12.7. The van der Waals surface area contributed by atoms with Crippen molar-refractivity contribution in [2.75, 3.05) is 24.7 Å². The van der Waals surface area contributed by atoms with E-state index in [1.54, 1.807) is 11.8 Å². The molecule has 0 aliphatic carbocycles. The Hall–Kier alpha value is -1.00. The summed E-state index contributed by atoms with van der Waals surface area (Å²) in [5, 5.41) is 5.97. The average Bonchev–Trinajstić information content (AvgIpc) is 2.30. The van der Waals surface area contributed by atoms with Crippen LogP contribution in [0.4, 0.5) is 5.69 Å². The molecule has 0 fully saturated rings. The Kier molecular flexibility index (Phi) is 5.96. The number of amides is 1. The van der Waals surface area contributed by atoms with Crippen molar-refractivity contribution in [1.29, 1.82) is 0 Å². The molecule has 2 N–H and O–H groups in total. The Balaban J connectivity index is 2.49. The molecule has 1 aromatic carbocycles. The highest BCUT2D eigenvalue weighted by Crippen LogP contribution is 2.24. The van der Waals surface area contributed by atoms with Crippen LogP contribution in [0.25, 0.3) is 0 Å². The molecule has 0 aromatic heterocycles. The maximum atomic E-state index is 11.6. The first-order valence-corrected chi connectivity index (χ1v) is 6.64. The fourth-order valence-electron chi connectivity index (χ4n) is 1.32. The van der Waals surface area contributed by atoms with Crippen molar-refractivity contribution in [3.8, 4) is 0 Å². The van der Waals surface area contributed by atoms with Crippen LogP contribution < -0.4 is 10.6 Å². The lowest BCUT2D eigenvalue weighted by Gasteiger charge is -2.09. The monoisotopic (exact) mass is 238 g/mol. The zero-order valence-electron chi connectivity index (χ0n) is 9.75. The highest BCUT2D eigenvalue weighted by atomic mass is 32.2. The normalized spacial score (nSPS) is 10.1. The molecule has 0 bridgehead atoms. The second-order valence-electron chi connectivity index (χ2n) is 3.43. The SMILES string of the molecule is CCCNCC(=O)Nc1ccccc1SC. The first kappa shape index (κ1) is 13.1. The van der Waals surface area contributed by atoms with E-state index >= 15 is 0 Å². The number of carbonyl (C=O) groups is 1. The number of para-hydroxylation sites is 1. The molecule has 16 heavy (non-hydrogen) atoms. The van der Waals surface area contributed by atoms with Gasteiger partial charge in [0.1, 0.15) is 0 Å².